The van der Waals surface area contributed by atoms with E-state index in [1.165, 1.54) is 0 Å². The molecule has 0 radical (unpaired) electrons. The molecule has 2 amide bonds. The van der Waals surface area contributed by atoms with E-state index in [-0.39, 0.29) is 11.6 Å². The van der Waals surface area contributed by atoms with Gasteiger partial charge in [0, 0.05) is 56.2 Å². The van der Waals surface area contributed by atoms with E-state index in [1.807, 2.05) is 24.3 Å². The molecule has 2 heterocycles. The topological polar surface area (TPSA) is 69.6 Å². The Morgan fingerprint density at radius 1 is 1.07 bits per heavy atom. The second kappa shape index (κ2) is 10.6. The molecule has 2 aromatic rings. The van der Waals surface area contributed by atoms with Crippen LogP contribution in [0.15, 0.2) is 35.3 Å². The number of fused-ring (bicyclic) bond motifs is 1. The maximum atomic E-state index is 12.7. The Labute approximate surface area is 179 Å². The van der Waals surface area contributed by atoms with Gasteiger partial charge in [-0.3, -0.25) is 4.79 Å². The van der Waals surface area contributed by atoms with Crippen LogP contribution < -0.4 is 16.2 Å². The molecule has 1 aromatic carbocycles. The van der Waals surface area contributed by atoms with Gasteiger partial charge >= 0.3 is 6.03 Å². The summed E-state index contributed by atoms with van der Waals surface area (Å²) in [6.45, 7) is 14.2. The molecule has 2 N–H and O–H groups in total. The van der Waals surface area contributed by atoms with Crippen LogP contribution in [0.25, 0.3) is 10.8 Å². The lowest BCUT2D eigenvalue weighted by Crippen LogP contribution is -2.46. The molecule has 1 saturated heterocycles. The molecule has 164 valence electrons. The van der Waals surface area contributed by atoms with E-state index in [4.69, 9.17) is 0 Å². The molecule has 0 saturated carbocycles. The molecule has 0 atom stereocenters. The summed E-state index contributed by atoms with van der Waals surface area (Å²) in [5, 5.41) is 7.30. The number of nitrogens with zero attached hydrogens (tertiary/aromatic N) is 3. The molecule has 7 nitrogen and oxygen atoms in total. The predicted molar refractivity (Wildman–Crippen MR) is 123 cm³/mol. The SMILES string of the molecule is CCN1CCN(CCCNC(=O)Nc2cn(CC(C)C)c(=O)c3ccccc23)CC1. The van der Waals surface area contributed by atoms with Crippen molar-refractivity contribution >= 4 is 22.5 Å². The van der Waals surface area contributed by atoms with Gasteiger partial charge in [-0.25, -0.2) is 4.79 Å². The summed E-state index contributed by atoms with van der Waals surface area (Å²) in [5.41, 5.74) is 0.646. The highest BCUT2D eigenvalue weighted by Crippen LogP contribution is 2.20. The second-order valence-corrected chi connectivity index (χ2v) is 8.45. The fourth-order valence-corrected chi connectivity index (χ4v) is 3.97. The van der Waals surface area contributed by atoms with Gasteiger partial charge in [0.2, 0.25) is 0 Å². The summed E-state index contributed by atoms with van der Waals surface area (Å²) in [6, 6.07) is 7.20. The van der Waals surface area contributed by atoms with E-state index in [0.29, 0.717) is 30.1 Å². The van der Waals surface area contributed by atoms with E-state index in [2.05, 4.69) is 41.2 Å². The Balaban J connectivity index is 1.56. The molecule has 1 aromatic heterocycles. The molecule has 0 spiro atoms. The van der Waals surface area contributed by atoms with E-state index >= 15 is 0 Å². The summed E-state index contributed by atoms with van der Waals surface area (Å²) in [5.74, 6) is 0.338. The Morgan fingerprint density at radius 3 is 2.40 bits per heavy atom. The average molecular weight is 414 g/mol. The Hall–Kier alpha value is -2.38. The number of anilines is 1. The third kappa shape index (κ3) is 5.83. The number of benzene rings is 1. The molecular weight excluding hydrogens is 378 g/mol. The van der Waals surface area contributed by atoms with Crippen molar-refractivity contribution in [3.05, 3.63) is 40.8 Å². The zero-order valence-corrected chi connectivity index (χ0v) is 18.5. The first-order chi connectivity index (χ1) is 14.5. The van der Waals surface area contributed by atoms with E-state index in [1.54, 1.807) is 10.8 Å². The zero-order chi connectivity index (χ0) is 21.5. The minimum Gasteiger partial charge on any atom is -0.338 e. The molecule has 7 heteroatoms. The van der Waals surface area contributed by atoms with Crippen LogP contribution in [0.3, 0.4) is 0 Å². The van der Waals surface area contributed by atoms with Crippen LogP contribution in [0.1, 0.15) is 27.2 Å². The highest BCUT2D eigenvalue weighted by atomic mass is 16.2. The van der Waals surface area contributed by atoms with Gasteiger partial charge in [-0.05, 0) is 31.5 Å². The number of likely N-dealkylation sites (N-methyl/N-ethyl adjacent to an activating group) is 1. The monoisotopic (exact) mass is 413 g/mol. The standard InChI is InChI=1S/C23H35N5O2/c1-4-26-12-14-27(15-13-26)11-7-10-24-23(30)25-21-17-28(16-18(2)3)22(29)20-9-6-5-8-19(20)21/h5-6,8-9,17-18H,4,7,10-16H2,1-3H3,(H2,24,25,30). The lowest BCUT2D eigenvalue weighted by Gasteiger charge is -2.33. The van der Waals surface area contributed by atoms with Crippen molar-refractivity contribution < 1.29 is 4.79 Å². The zero-order valence-electron chi connectivity index (χ0n) is 18.5. The van der Waals surface area contributed by atoms with Crippen LogP contribution in [0.2, 0.25) is 0 Å². The normalized spacial score (nSPS) is 15.6. The maximum Gasteiger partial charge on any atom is 0.319 e. The van der Waals surface area contributed by atoms with Crippen LogP contribution in [-0.2, 0) is 6.54 Å². The number of rotatable bonds is 8. The van der Waals surface area contributed by atoms with Crippen molar-refractivity contribution in [2.75, 3.05) is 51.1 Å². The number of urea groups is 1. The lowest BCUT2D eigenvalue weighted by molar-refractivity contribution is 0.136. The summed E-state index contributed by atoms with van der Waals surface area (Å²) in [7, 11) is 0. The van der Waals surface area contributed by atoms with Crippen molar-refractivity contribution in [2.45, 2.75) is 33.7 Å². The van der Waals surface area contributed by atoms with Crippen molar-refractivity contribution in [3.8, 4) is 0 Å². The van der Waals surface area contributed by atoms with E-state index in [9.17, 15) is 9.59 Å². The highest BCUT2D eigenvalue weighted by molar-refractivity contribution is 6.00. The third-order valence-corrected chi connectivity index (χ3v) is 5.65. The molecule has 3 rings (SSSR count). The van der Waals surface area contributed by atoms with Crippen LogP contribution in [-0.4, -0.2) is 66.2 Å². The lowest BCUT2D eigenvalue weighted by atomic mass is 10.1. The number of hydrogen-bond acceptors (Lipinski definition) is 4. The minimum absolute atomic E-state index is 0.0200. The highest BCUT2D eigenvalue weighted by Gasteiger charge is 2.15. The maximum absolute atomic E-state index is 12.7. The minimum atomic E-state index is -0.231. The smallest absolute Gasteiger partial charge is 0.319 e. The number of pyridine rings is 1. The van der Waals surface area contributed by atoms with Gasteiger partial charge in [0.05, 0.1) is 5.69 Å². The van der Waals surface area contributed by atoms with Crippen LogP contribution in [0, 0.1) is 5.92 Å². The first-order valence-electron chi connectivity index (χ1n) is 11.1. The molecular formula is C23H35N5O2. The summed E-state index contributed by atoms with van der Waals surface area (Å²) in [6.07, 6.45) is 2.69. The molecule has 30 heavy (non-hydrogen) atoms. The van der Waals surface area contributed by atoms with Crippen LogP contribution >= 0.6 is 0 Å². The van der Waals surface area contributed by atoms with Gasteiger partial charge in [0.15, 0.2) is 0 Å². The van der Waals surface area contributed by atoms with Crippen molar-refractivity contribution in [2.24, 2.45) is 5.92 Å². The number of aromatic nitrogens is 1. The predicted octanol–water partition coefficient (Wildman–Crippen LogP) is 2.81. The number of carbonyl (C=O) groups excluding carboxylic acids is 1. The molecule has 0 bridgehead atoms. The molecule has 1 aliphatic rings. The van der Waals surface area contributed by atoms with Crippen molar-refractivity contribution in [3.63, 3.8) is 0 Å². The number of carbonyl (C=O) groups is 1. The number of nitrogens with one attached hydrogen (secondary N) is 2. The van der Waals surface area contributed by atoms with Crippen molar-refractivity contribution in [1.82, 2.24) is 19.7 Å². The van der Waals surface area contributed by atoms with Gasteiger partial charge in [0.1, 0.15) is 0 Å². The number of hydrogen-bond donors (Lipinski definition) is 2. The van der Waals surface area contributed by atoms with Crippen LogP contribution in [0.4, 0.5) is 10.5 Å². The number of amides is 2. The average Bonchev–Trinajstić information content (AvgIpc) is 2.74. The largest absolute Gasteiger partial charge is 0.338 e. The van der Waals surface area contributed by atoms with E-state index in [0.717, 1.165) is 51.1 Å². The first kappa shape index (κ1) is 22.3. The molecule has 0 aliphatic carbocycles. The summed E-state index contributed by atoms with van der Waals surface area (Å²) in [4.78, 5) is 30.1. The van der Waals surface area contributed by atoms with Crippen molar-refractivity contribution in [1.29, 1.82) is 0 Å². The Bertz CT molecular complexity index is 900. The second-order valence-electron chi connectivity index (χ2n) is 8.45. The summed E-state index contributed by atoms with van der Waals surface area (Å²) >= 11 is 0. The first-order valence-corrected chi connectivity index (χ1v) is 11.1. The molecule has 1 aliphatic heterocycles. The quantitative estimate of drug-likeness (QED) is 0.653. The fraction of sp³-hybridized carbons (Fsp3) is 0.565. The molecule has 1 fully saturated rings. The molecule has 0 unspecified atom stereocenters. The Morgan fingerprint density at radius 2 is 1.73 bits per heavy atom. The van der Waals surface area contributed by atoms with Gasteiger partial charge in [-0.2, -0.15) is 0 Å². The van der Waals surface area contributed by atoms with Crippen LogP contribution in [0.5, 0.6) is 0 Å². The summed E-state index contributed by atoms with van der Waals surface area (Å²) < 4.78 is 1.69. The fourth-order valence-electron chi connectivity index (χ4n) is 3.97. The number of piperazine rings is 1. The van der Waals surface area contributed by atoms with Gasteiger partial charge < -0.3 is 25.0 Å². The van der Waals surface area contributed by atoms with Gasteiger partial charge in [-0.15, -0.1) is 0 Å². The van der Waals surface area contributed by atoms with E-state index < -0.39 is 0 Å². The van der Waals surface area contributed by atoms with Gasteiger partial charge in [0.25, 0.3) is 5.56 Å². The Kier molecular flexibility index (Phi) is 7.87. The third-order valence-electron chi connectivity index (χ3n) is 5.65. The van der Waals surface area contributed by atoms with Gasteiger partial charge in [-0.1, -0.05) is 39.0 Å².